The number of terminal acetylenes is 1. The second-order valence-electron chi connectivity index (χ2n) is 8.09. The molecule has 1 aliphatic rings. The summed E-state index contributed by atoms with van der Waals surface area (Å²) in [5, 5.41) is 1.00. The fourth-order valence-corrected chi connectivity index (χ4v) is 5.92. The zero-order valence-electron chi connectivity index (χ0n) is 19.0. The zero-order chi connectivity index (χ0) is 23.3. The molecule has 0 aromatic heterocycles. The second-order valence-corrected chi connectivity index (χ2v) is 10.8. The van der Waals surface area contributed by atoms with E-state index in [1.54, 1.807) is 13.8 Å². The van der Waals surface area contributed by atoms with Crippen molar-refractivity contribution in [1.82, 2.24) is 0 Å². The summed E-state index contributed by atoms with van der Waals surface area (Å²) in [6.07, 6.45) is 8.83. The molecule has 2 atom stereocenters. The van der Waals surface area contributed by atoms with E-state index in [0.717, 1.165) is 39.1 Å². The van der Waals surface area contributed by atoms with Crippen LogP contribution in [0.2, 0.25) is 0 Å². The van der Waals surface area contributed by atoms with Crippen LogP contribution in [0.3, 0.4) is 0 Å². The summed E-state index contributed by atoms with van der Waals surface area (Å²) in [6.45, 7) is 7.35. The molecule has 0 saturated heterocycles. The number of benzene rings is 2. The van der Waals surface area contributed by atoms with Crippen molar-refractivity contribution < 1.29 is 14.3 Å². The normalized spacial score (nSPS) is 15.2. The lowest BCUT2D eigenvalue weighted by Gasteiger charge is -2.19. The highest BCUT2D eigenvalue weighted by atomic mass is 32.2. The standard InChI is InChI=1S/C27H28O3PS/c1-6-22-11-9-15-32(22)23-16-19(2)26(20(3)17-23)29-18-25(28)30-27(4,5)14-13-21-10-7-8-12-24(21)31/h1,7-8,10-12,16-17H,9,15,18,31H2,2-5H3/q+1. The lowest BCUT2D eigenvalue weighted by Crippen LogP contribution is -2.29. The molecule has 32 heavy (non-hydrogen) atoms. The van der Waals surface area contributed by atoms with E-state index < -0.39 is 11.6 Å². The average Bonchev–Trinajstić information content (AvgIpc) is 3.21. The summed E-state index contributed by atoms with van der Waals surface area (Å²) in [4.78, 5) is 14.7. The third kappa shape index (κ3) is 5.98. The lowest BCUT2D eigenvalue weighted by molar-refractivity contribution is -0.154. The van der Waals surface area contributed by atoms with Crippen molar-refractivity contribution in [3.63, 3.8) is 0 Å². The monoisotopic (exact) mass is 463 g/mol. The van der Waals surface area contributed by atoms with Crippen LogP contribution >= 0.6 is 9.24 Å². The minimum absolute atomic E-state index is 0.0424. The van der Waals surface area contributed by atoms with Crippen LogP contribution in [-0.4, -0.2) is 23.9 Å². The SMILES string of the molecule is C#CC1=CCC[S+]1c1cc(C)c(OCC(=O)OC(C)(C)C#Cc2ccccc2P)c(C)c1. The maximum absolute atomic E-state index is 12.4. The molecule has 2 aromatic rings. The summed E-state index contributed by atoms with van der Waals surface area (Å²) < 4.78 is 11.4. The molecule has 1 aliphatic heterocycles. The summed E-state index contributed by atoms with van der Waals surface area (Å²) in [6, 6.07) is 12.0. The van der Waals surface area contributed by atoms with Gasteiger partial charge < -0.3 is 9.47 Å². The Balaban J connectivity index is 1.64. The highest BCUT2D eigenvalue weighted by Crippen LogP contribution is 2.33. The maximum atomic E-state index is 12.4. The van der Waals surface area contributed by atoms with Crippen molar-refractivity contribution in [1.29, 1.82) is 0 Å². The number of carbonyl (C=O) groups is 1. The van der Waals surface area contributed by atoms with E-state index in [0.29, 0.717) is 5.75 Å². The molecule has 2 aromatic carbocycles. The molecular weight excluding hydrogens is 435 g/mol. The van der Waals surface area contributed by atoms with Crippen molar-refractivity contribution >= 4 is 31.4 Å². The van der Waals surface area contributed by atoms with E-state index in [-0.39, 0.29) is 17.5 Å². The summed E-state index contributed by atoms with van der Waals surface area (Å²) in [5.74, 6) is 10.2. The Kier molecular flexibility index (Phi) is 7.73. The quantitative estimate of drug-likeness (QED) is 0.284. The first-order valence-electron chi connectivity index (χ1n) is 10.4. The molecule has 0 amide bonds. The van der Waals surface area contributed by atoms with Crippen LogP contribution in [0.5, 0.6) is 5.75 Å². The molecule has 0 bridgehead atoms. The van der Waals surface area contributed by atoms with Gasteiger partial charge >= 0.3 is 5.97 Å². The maximum Gasteiger partial charge on any atom is 0.345 e. The fourth-order valence-electron chi connectivity index (χ4n) is 3.47. The van der Waals surface area contributed by atoms with E-state index in [2.05, 4.69) is 45.2 Å². The fraction of sp³-hybridized carbons (Fsp3) is 0.296. The van der Waals surface area contributed by atoms with Gasteiger partial charge in [0.1, 0.15) is 11.5 Å². The molecule has 3 nitrogen and oxygen atoms in total. The van der Waals surface area contributed by atoms with Crippen LogP contribution < -0.4 is 10.0 Å². The van der Waals surface area contributed by atoms with Gasteiger partial charge in [0, 0.05) is 24.1 Å². The summed E-state index contributed by atoms with van der Waals surface area (Å²) in [7, 11) is 2.61. The predicted octanol–water partition coefficient (Wildman–Crippen LogP) is 4.45. The van der Waals surface area contributed by atoms with Gasteiger partial charge in [-0.3, -0.25) is 0 Å². The van der Waals surface area contributed by atoms with E-state index in [1.807, 2.05) is 38.1 Å². The van der Waals surface area contributed by atoms with Gasteiger partial charge in [-0.2, -0.15) is 0 Å². The molecule has 0 aliphatic carbocycles. The Morgan fingerprint density at radius 1 is 1.22 bits per heavy atom. The van der Waals surface area contributed by atoms with Crippen LogP contribution in [0.15, 0.2) is 52.3 Å². The molecule has 0 spiro atoms. The summed E-state index contributed by atoms with van der Waals surface area (Å²) in [5.41, 5.74) is 1.93. The van der Waals surface area contributed by atoms with Crippen molar-refractivity contribution in [2.45, 2.75) is 44.6 Å². The number of allylic oxidation sites excluding steroid dienone is 2. The number of aryl methyl sites for hydroxylation is 2. The molecule has 1 heterocycles. The minimum Gasteiger partial charge on any atom is -0.481 e. The van der Waals surface area contributed by atoms with Gasteiger partial charge in [-0.25, -0.2) is 4.79 Å². The van der Waals surface area contributed by atoms with E-state index >= 15 is 0 Å². The van der Waals surface area contributed by atoms with Crippen molar-refractivity contribution in [2.75, 3.05) is 12.4 Å². The number of hydrogen-bond acceptors (Lipinski definition) is 3. The molecule has 164 valence electrons. The van der Waals surface area contributed by atoms with E-state index in [9.17, 15) is 4.79 Å². The Labute approximate surface area is 196 Å². The van der Waals surface area contributed by atoms with Crippen LogP contribution in [0.25, 0.3) is 0 Å². The van der Waals surface area contributed by atoms with Crippen LogP contribution in [0.4, 0.5) is 0 Å². The molecule has 0 fully saturated rings. The first-order valence-corrected chi connectivity index (χ1v) is 12.4. The van der Waals surface area contributed by atoms with E-state index in [4.69, 9.17) is 15.9 Å². The Morgan fingerprint density at radius 2 is 1.91 bits per heavy atom. The van der Waals surface area contributed by atoms with E-state index in [1.165, 1.54) is 4.90 Å². The van der Waals surface area contributed by atoms with Crippen molar-refractivity contribution in [3.8, 4) is 29.9 Å². The van der Waals surface area contributed by atoms with Gasteiger partial charge in [-0.1, -0.05) is 30.0 Å². The highest BCUT2D eigenvalue weighted by Gasteiger charge is 2.32. The molecule has 0 saturated carbocycles. The van der Waals surface area contributed by atoms with Crippen molar-refractivity contribution in [2.24, 2.45) is 0 Å². The molecule has 2 unspecified atom stereocenters. The zero-order valence-corrected chi connectivity index (χ0v) is 20.9. The first kappa shape index (κ1) is 24.0. The van der Waals surface area contributed by atoms with Gasteiger partial charge in [0.15, 0.2) is 17.1 Å². The van der Waals surface area contributed by atoms with Gasteiger partial charge in [0.05, 0.1) is 10.9 Å². The number of ether oxygens (including phenoxy) is 2. The van der Waals surface area contributed by atoms with Crippen LogP contribution in [0, 0.1) is 38.0 Å². The predicted molar refractivity (Wildman–Crippen MR) is 136 cm³/mol. The van der Waals surface area contributed by atoms with Gasteiger partial charge in [-0.05, 0) is 62.2 Å². The second kappa shape index (κ2) is 10.3. The Hall–Kier alpha value is -2.65. The number of esters is 1. The smallest absolute Gasteiger partial charge is 0.345 e. The van der Waals surface area contributed by atoms with Crippen molar-refractivity contribution in [3.05, 3.63) is 64.1 Å². The molecular formula is C27H28O3PS+. The molecule has 3 rings (SSSR count). The largest absolute Gasteiger partial charge is 0.481 e. The highest BCUT2D eigenvalue weighted by molar-refractivity contribution is 8.01. The third-order valence-corrected chi connectivity index (χ3v) is 7.71. The van der Waals surface area contributed by atoms with Crippen LogP contribution in [-0.2, 0) is 20.4 Å². The number of rotatable bonds is 5. The number of hydrogen-bond donors (Lipinski definition) is 0. The Bertz CT molecular complexity index is 1140. The molecule has 0 radical (unpaired) electrons. The average molecular weight is 464 g/mol. The summed E-state index contributed by atoms with van der Waals surface area (Å²) >= 11 is 0. The first-order chi connectivity index (χ1) is 15.2. The van der Waals surface area contributed by atoms with Gasteiger partial charge in [-0.15, -0.1) is 15.7 Å². The number of carbonyl (C=O) groups excluding carboxylic acids is 1. The molecule has 5 heteroatoms. The van der Waals surface area contributed by atoms with Gasteiger partial charge in [0.25, 0.3) is 0 Å². The topological polar surface area (TPSA) is 35.5 Å². The van der Waals surface area contributed by atoms with Gasteiger partial charge in [0.2, 0.25) is 4.91 Å². The molecule has 0 N–H and O–H groups in total. The lowest BCUT2D eigenvalue weighted by atomic mass is 10.1. The van der Waals surface area contributed by atoms with Crippen LogP contribution in [0.1, 0.15) is 37.0 Å². The third-order valence-electron chi connectivity index (χ3n) is 4.94. The Morgan fingerprint density at radius 3 is 2.56 bits per heavy atom. The minimum atomic E-state index is -0.928.